The topological polar surface area (TPSA) is 82.0 Å². The normalized spacial score (nSPS) is 17.2. The van der Waals surface area contributed by atoms with Crippen molar-refractivity contribution in [2.24, 2.45) is 0 Å². The van der Waals surface area contributed by atoms with E-state index in [-0.39, 0.29) is 25.1 Å². The molecule has 11 heteroatoms. The zero-order valence-electron chi connectivity index (χ0n) is 20.8. The summed E-state index contributed by atoms with van der Waals surface area (Å²) in [5.41, 5.74) is 0.417. The molecule has 0 aliphatic carbocycles. The number of nitrogens with one attached hydrogen (secondary N) is 1. The van der Waals surface area contributed by atoms with Crippen molar-refractivity contribution in [3.05, 3.63) is 63.7 Å². The summed E-state index contributed by atoms with van der Waals surface area (Å²) in [6, 6.07) is 11.4. The molecule has 0 bridgehead atoms. The molecule has 0 spiro atoms. The van der Waals surface area contributed by atoms with E-state index in [1.54, 1.807) is 0 Å². The van der Waals surface area contributed by atoms with Crippen LogP contribution >= 0.6 is 0 Å². The van der Waals surface area contributed by atoms with E-state index in [1.165, 1.54) is 17.3 Å². The molecule has 2 aromatic carbocycles. The van der Waals surface area contributed by atoms with Crippen LogP contribution in [0.4, 0.5) is 30.2 Å². The van der Waals surface area contributed by atoms with Gasteiger partial charge < -0.3 is 20.0 Å². The Morgan fingerprint density at radius 1 is 1.03 bits per heavy atom. The number of amides is 1. The molecule has 1 N–H and O–H groups in total. The number of piperazine rings is 1. The predicted molar refractivity (Wildman–Crippen MR) is 143 cm³/mol. The number of piperidine rings is 1. The monoisotopic (exact) mass is 535 g/mol. The Balaban J connectivity index is 0.00000400. The molecule has 208 valence electrons. The highest BCUT2D eigenvalue weighted by molar-refractivity contribution is 5.76. The van der Waals surface area contributed by atoms with Crippen LogP contribution in [0.1, 0.15) is 37.8 Å². The number of anilines is 2. The van der Waals surface area contributed by atoms with E-state index in [1.807, 2.05) is 4.90 Å². The summed E-state index contributed by atoms with van der Waals surface area (Å²) in [7, 11) is 0. The summed E-state index contributed by atoms with van der Waals surface area (Å²) in [6.07, 6.45) is -2.94. The van der Waals surface area contributed by atoms with E-state index < -0.39 is 22.4 Å². The molecule has 38 heavy (non-hydrogen) atoms. The van der Waals surface area contributed by atoms with Gasteiger partial charge in [-0.25, -0.2) is 0 Å². The van der Waals surface area contributed by atoms with Crippen molar-refractivity contribution in [2.45, 2.75) is 45.8 Å². The standard InChI is InChI=1S/C26H32F3N5O3.CH4/c1-19-2-5-22(6-3-19)32-14-16-33(17-15-32)25(35)10-13-31-11-8-20(9-12-31)30-21-4-7-24(34(36)37)23(18-21)26(27,28)29;/h2-7,18,20,30H,8-17H2,1H3;1H4. The van der Waals surface area contributed by atoms with Crippen LogP contribution in [-0.2, 0) is 11.0 Å². The third kappa shape index (κ3) is 7.37. The van der Waals surface area contributed by atoms with Gasteiger partial charge in [0.2, 0.25) is 5.91 Å². The van der Waals surface area contributed by atoms with Gasteiger partial charge in [0.1, 0.15) is 5.56 Å². The van der Waals surface area contributed by atoms with Gasteiger partial charge in [-0.3, -0.25) is 14.9 Å². The highest BCUT2D eigenvalue weighted by Crippen LogP contribution is 2.38. The molecule has 0 unspecified atom stereocenters. The van der Waals surface area contributed by atoms with E-state index >= 15 is 0 Å². The number of carbonyl (C=O) groups excluding carboxylic acids is 1. The first kappa shape index (κ1) is 29.2. The molecule has 8 nitrogen and oxygen atoms in total. The minimum Gasteiger partial charge on any atom is -0.382 e. The highest BCUT2D eigenvalue weighted by Gasteiger charge is 2.38. The number of hydrogen-bond acceptors (Lipinski definition) is 6. The number of benzene rings is 2. The minimum atomic E-state index is -4.80. The lowest BCUT2D eigenvalue weighted by Crippen LogP contribution is -2.49. The summed E-state index contributed by atoms with van der Waals surface area (Å²) in [5, 5.41) is 14.0. The molecule has 0 radical (unpaired) electrons. The van der Waals surface area contributed by atoms with Gasteiger partial charge in [0.05, 0.1) is 4.92 Å². The number of likely N-dealkylation sites (tertiary alicyclic amines) is 1. The fourth-order valence-electron chi connectivity index (χ4n) is 4.93. The van der Waals surface area contributed by atoms with Crippen LogP contribution < -0.4 is 10.2 Å². The van der Waals surface area contributed by atoms with E-state index in [9.17, 15) is 28.1 Å². The maximum atomic E-state index is 13.2. The lowest BCUT2D eigenvalue weighted by molar-refractivity contribution is -0.388. The van der Waals surface area contributed by atoms with Crippen LogP contribution in [0.25, 0.3) is 0 Å². The maximum Gasteiger partial charge on any atom is 0.423 e. The first-order valence-corrected chi connectivity index (χ1v) is 12.5. The number of nitro groups is 1. The van der Waals surface area contributed by atoms with E-state index in [0.717, 1.165) is 38.3 Å². The quantitative estimate of drug-likeness (QED) is 0.389. The number of nitro benzene ring substituents is 1. The van der Waals surface area contributed by atoms with Gasteiger partial charge in [0, 0.05) is 75.7 Å². The number of hydrogen-bond donors (Lipinski definition) is 1. The Kier molecular flexibility index (Phi) is 9.59. The zero-order chi connectivity index (χ0) is 26.6. The van der Waals surface area contributed by atoms with Gasteiger partial charge in [0.25, 0.3) is 5.69 Å². The highest BCUT2D eigenvalue weighted by atomic mass is 19.4. The van der Waals surface area contributed by atoms with Gasteiger partial charge in [-0.15, -0.1) is 0 Å². The third-order valence-corrected chi connectivity index (χ3v) is 7.13. The summed E-state index contributed by atoms with van der Waals surface area (Å²) < 4.78 is 39.7. The molecule has 2 aliphatic heterocycles. The fourth-order valence-corrected chi connectivity index (χ4v) is 4.93. The SMILES string of the molecule is C.Cc1ccc(N2CCN(C(=O)CCN3CCC(Nc4ccc([N+](=O)[O-])c(C(F)(F)F)c4)CC3)CC2)cc1. The second-order valence-electron chi connectivity index (χ2n) is 9.70. The molecule has 2 aliphatic rings. The van der Waals surface area contributed by atoms with Crippen LogP contribution in [0, 0.1) is 17.0 Å². The van der Waals surface area contributed by atoms with Crippen LogP contribution in [-0.4, -0.2) is 72.5 Å². The lowest BCUT2D eigenvalue weighted by Gasteiger charge is -2.37. The van der Waals surface area contributed by atoms with Gasteiger partial charge in [-0.2, -0.15) is 13.2 Å². The molecular formula is C27H36F3N5O3. The number of carbonyl (C=O) groups is 1. The number of alkyl halides is 3. The molecule has 2 fully saturated rings. The first-order valence-electron chi connectivity index (χ1n) is 12.5. The average Bonchev–Trinajstić information content (AvgIpc) is 2.88. The number of rotatable bonds is 7. The molecule has 0 aromatic heterocycles. The van der Waals surface area contributed by atoms with Crippen LogP contribution in [0.15, 0.2) is 42.5 Å². The van der Waals surface area contributed by atoms with Gasteiger partial charge in [-0.05, 0) is 44.0 Å². The first-order chi connectivity index (χ1) is 17.6. The predicted octanol–water partition coefficient (Wildman–Crippen LogP) is 5.17. The lowest BCUT2D eigenvalue weighted by atomic mass is 10.0. The fraction of sp³-hybridized carbons (Fsp3) is 0.519. The van der Waals surface area contributed by atoms with Crippen LogP contribution in [0.5, 0.6) is 0 Å². The van der Waals surface area contributed by atoms with Crippen molar-refractivity contribution in [1.29, 1.82) is 0 Å². The number of nitrogens with zero attached hydrogens (tertiary/aromatic N) is 4. The van der Waals surface area contributed by atoms with Crippen LogP contribution in [0.3, 0.4) is 0 Å². The molecule has 0 atom stereocenters. The van der Waals surface area contributed by atoms with Crippen molar-refractivity contribution in [2.75, 3.05) is 56.0 Å². The molecule has 1 amide bonds. The van der Waals surface area contributed by atoms with E-state index in [0.29, 0.717) is 38.9 Å². The number of aryl methyl sites for hydroxylation is 1. The van der Waals surface area contributed by atoms with Gasteiger partial charge in [0.15, 0.2) is 0 Å². The summed E-state index contributed by atoms with van der Waals surface area (Å²) in [5.74, 6) is 0.148. The van der Waals surface area contributed by atoms with Crippen molar-refractivity contribution in [3.8, 4) is 0 Å². The van der Waals surface area contributed by atoms with E-state index in [4.69, 9.17) is 0 Å². The smallest absolute Gasteiger partial charge is 0.382 e. The molecule has 4 rings (SSSR count). The molecule has 2 saturated heterocycles. The Bertz CT molecular complexity index is 1090. The maximum absolute atomic E-state index is 13.2. The minimum absolute atomic E-state index is 0. The molecular weight excluding hydrogens is 499 g/mol. The summed E-state index contributed by atoms with van der Waals surface area (Å²) in [4.78, 5) is 29.1. The molecule has 0 saturated carbocycles. The second-order valence-corrected chi connectivity index (χ2v) is 9.70. The Hall–Kier alpha value is -3.34. The second kappa shape index (κ2) is 12.5. The molecule has 2 heterocycles. The summed E-state index contributed by atoms with van der Waals surface area (Å²) in [6.45, 7) is 7.19. The van der Waals surface area contributed by atoms with Gasteiger partial charge in [-0.1, -0.05) is 25.1 Å². The van der Waals surface area contributed by atoms with Crippen molar-refractivity contribution in [3.63, 3.8) is 0 Å². The zero-order valence-corrected chi connectivity index (χ0v) is 20.8. The Morgan fingerprint density at radius 3 is 2.24 bits per heavy atom. The number of halogens is 3. The van der Waals surface area contributed by atoms with Crippen molar-refractivity contribution < 1.29 is 22.9 Å². The average molecular weight is 536 g/mol. The summed E-state index contributed by atoms with van der Waals surface area (Å²) >= 11 is 0. The van der Waals surface area contributed by atoms with Crippen molar-refractivity contribution >= 4 is 23.0 Å². The van der Waals surface area contributed by atoms with E-state index in [2.05, 4.69) is 46.3 Å². The van der Waals surface area contributed by atoms with Crippen molar-refractivity contribution in [1.82, 2.24) is 9.80 Å². The Morgan fingerprint density at radius 2 is 1.66 bits per heavy atom. The van der Waals surface area contributed by atoms with Crippen LogP contribution in [0.2, 0.25) is 0 Å². The van der Waals surface area contributed by atoms with Gasteiger partial charge >= 0.3 is 6.18 Å². The Labute approximate surface area is 221 Å². The third-order valence-electron chi connectivity index (χ3n) is 7.13. The largest absolute Gasteiger partial charge is 0.423 e. The molecule has 2 aromatic rings.